The molecule has 0 radical (unpaired) electrons. The van der Waals surface area contributed by atoms with Crippen LogP contribution in [0.5, 0.6) is 5.75 Å². The van der Waals surface area contributed by atoms with Crippen molar-refractivity contribution in [2.24, 2.45) is 11.8 Å². The van der Waals surface area contributed by atoms with Gasteiger partial charge in [0, 0.05) is 22.3 Å². The predicted molar refractivity (Wildman–Crippen MR) is 86.4 cm³/mol. The molecule has 1 aromatic rings. The van der Waals surface area contributed by atoms with Crippen LogP contribution in [0.4, 0.5) is 0 Å². The van der Waals surface area contributed by atoms with E-state index >= 15 is 0 Å². The Hall–Kier alpha value is -2.09. The van der Waals surface area contributed by atoms with E-state index in [1.54, 1.807) is 24.3 Å². The highest BCUT2D eigenvalue weighted by molar-refractivity contribution is 9.10. The fraction of sp³-hybridized carbons (Fsp3) is 0.438. The van der Waals surface area contributed by atoms with E-state index in [4.69, 9.17) is 4.74 Å². The fourth-order valence-corrected chi connectivity index (χ4v) is 2.93. The standard InChI is InChI=1S/C16H19BrN2O5/c17-10-5-7-11(8-6-10)24-9-14(20)18-19-15(21)12-3-1-2-4-13(12)16(22)23/h5-8,12-13H,1-4,9H2,(H,18,20)(H,19,21)(H,22,23)/p-1/t12-,13-/m0/s1. The SMILES string of the molecule is O=C(COc1ccc(Br)cc1)NNC(=O)[C@H]1CCCC[C@@H]1C(=O)[O-]. The van der Waals surface area contributed by atoms with Gasteiger partial charge in [-0.15, -0.1) is 0 Å². The van der Waals surface area contributed by atoms with Crippen molar-refractivity contribution in [1.82, 2.24) is 10.9 Å². The van der Waals surface area contributed by atoms with Crippen molar-refractivity contribution < 1.29 is 24.2 Å². The molecule has 2 N–H and O–H groups in total. The van der Waals surface area contributed by atoms with Crippen LogP contribution in [0.2, 0.25) is 0 Å². The Morgan fingerprint density at radius 3 is 2.33 bits per heavy atom. The van der Waals surface area contributed by atoms with Gasteiger partial charge in [-0.25, -0.2) is 0 Å². The van der Waals surface area contributed by atoms with Crippen LogP contribution in [-0.2, 0) is 14.4 Å². The summed E-state index contributed by atoms with van der Waals surface area (Å²) in [5.41, 5.74) is 4.50. The third-order valence-electron chi connectivity index (χ3n) is 3.91. The van der Waals surface area contributed by atoms with Crippen molar-refractivity contribution in [1.29, 1.82) is 0 Å². The van der Waals surface area contributed by atoms with Crippen LogP contribution in [0, 0.1) is 11.8 Å². The zero-order valence-electron chi connectivity index (χ0n) is 12.9. The van der Waals surface area contributed by atoms with Crippen molar-refractivity contribution in [3.05, 3.63) is 28.7 Å². The first-order valence-corrected chi connectivity index (χ1v) is 8.44. The van der Waals surface area contributed by atoms with Gasteiger partial charge in [0.1, 0.15) is 5.75 Å². The summed E-state index contributed by atoms with van der Waals surface area (Å²) in [4.78, 5) is 34.9. The van der Waals surface area contributed by atoms with E-state index in [0.717, 1.165) is 17.3 Å². The number of halogens is 1. The van der Waals surface area contributed by atoms with Gasteiger partial charge in [-0.1, -0.05) is 28.8 Å². The Morgan fingerprint density at radius 2 is 1.71 bits per heavy atom. The highest BCUT2D eigenvalue weighted by Crippen LogP contribution is 2.29. The molecular formula is C16H18BrN2O5-. The molecule has 8 heteroatoms. The van der Waals surface area contributed by atoms with Gasteiger partial charge >= 0.3 is 0 Å². The maximum absolute atomic E-state index is 12.1. The van der Waals surface area contributed by atoms with Gasteiger partial charge in [0.25, 0.3) is 5.91 Å². The Kier molecular flexibility index (Phi) is 6.60. The molecule has 0 unspecified atom stereocenters. The number of carbonyl (C=O) groups is 3. The van der Waals surface area contributed by atoms with Crippen LogP contribution in [0.1, 0.15) is 25.7 Å². The van der Waals surface area contributed by atoms with E-state index in [1.807, 2.05) is 0 Å². The van der Waals surface area contributed by atoms with Gasteiger partial charge in [0.2, 0.25) is 5.91 Å². The molecule has 0 saturated heterocycles. The molecule has 0 aliphatic heterocycles. The van der Waals surface area contributed by atoms with Crippen LogP contribution in [0.3, 0.4) is 0 Å². The number of carboxylic acid groups (broad SMARTS) is 1. The average molecular weight is 398 g/mol. The van der Waals surface area contributed by atoms with E-state index in [9.17, 15) is 19.5 Å². The van der Waals surface area contributed by atoms with Crippen molar-refractivity contribution in [3.63, 3.8) is 0 Å². The lowest BCUT2D eigenvalue weighted by Gasteiger charge is -2.31. The second kappa shape index (κ2) is 8.68. The minimum absolute atomic E-state index is 0.267. The molecule has 1 aliphatic rings. The number of carboxylic acids is 1. The maximum Gasteiger partial charge on any atom is 0.276 e. The highest BCUT2D eigenvalue weighted by atomic mass is 79.9. The van der Waals surface area contributed by atoms with Crippen molar-refractivity contribution in [2.75, 3.05) is 6.61 Å². The second-order valence-electron chi connectivity index (χ2n) is 5.60. The largest absolute Gasteiger partial charge is 0.550 e. The number of hydrogen-bond donors (Lipinski definition) is 2. The molecule has 2 rings (SSSR count). The van der Waals surface area contributed by atoms with Crippen molar-refractivity contribution >= 4 is 33.7 Å². The molecule has 0 spiro atoms. The fourth-order valence-electron chi connectivity index (χ4n) is 2.67. The third kappa shape index (κ3) is 5.23. The van der Waals surface area contributed by atoms with Crippen LogP contribution in [0.25, 0.3) is 0 Å². The molecule has 0 aromatic heterocycles. The van der Waals surface area contributed by atoms with Crippen molar-refractivity contribution in [2.45, 2.75) is 25.7 Å². The monoisotopic (exact) mass is 397 g/mol. The lowest BCUT2D eigenvalue weighted by atomic mass is 9.79. The van der Waals surface area contributed by atoms with Crippen LogP contribution >= 0.6 is 15.9 Å². The smallest absolute Gasteiger partial charge is 0.276 e. The number of hydrazine groups is 1. The Labute approximate surface area is 147 Å². The van der Waals surface area contributed by atoms with Gasteiger partial charge in [-0.2, -0.15) is 0 Å². The summed E-state index contributed by atoms with van der Waals surface area (Å²) in [5.74, 6) is -3.25. The molecule has 2 atom stereocenters. The Morgan fingerprint density at radius 1 is 1.08 bits per heavy atom. The van der Waals surface area contributed by atoms with E-state index in [0.29, 0.717) is 18.6 Å². The zero-order valence-corrected chi connectivity index (χ0v) is 14.5. The summed E-state index contributed by atoms with van der Waals surface area (Å²) < 4.78 is 6.16. The van der Waals surface area contributed by atoms with Crippen LogP contribution in [0.15, 0.2) is 28.7 Å². The lowest BCUT2D eigenvalue weighted by molar-refractivity contribution is -0.314. The number of hydrogen-bond acceptors (Lipinski definition) is 5. The van der Waals surface area contributed by atoms with Gasteiger partial charge in [0.05, 0.1) is 0 Å². The van der Waals surface area contributed by atoms with Gasteiger partial charge in [0.15, 0.2) is 6.61 Å². The molecule has 24 heavy (non-hydrogen) atoms. The van der Waals surface area contributed by atoms with Gasteiger partial charge < -0.3 is 14.6 Å². The minimum Gasteiger partial charge on any atom is -0.550 e. The molecule has 2 amide bonds. The van der Waals surface area contributed by atoms with E-state index in [2.05, 4.69) is 26.8 Å². The molecule has 130 valence electrons. The first-order valence-electron chi connectivity index (χ1n) is 7.65. The topological polar surface area (TPSA) is 108 Å². The van der Waals surface area contributed by atoms with Crippen LogP contribution in [-0.4, -0.2) is 24.4 Å². The summed E-state index contributed by atoms with van der Waals surface area (Å²) in [6.45, 7) is -0.267. The number of ether oxygens (including phenoxy) is 1. The second-order valence-corrected chi connectivity index (χ2v) is 6.51. The number of carbonyl (C=O) groups excluding carboxylic acids is 3. The van der Waals surface area contributed by atoms with Gasteiger partial charge in [-0.3, -0.25) is 20.4 Å². The normalized spacial score (nSPS) is 20.0. The molecular weight excluding hydrogens is 380 g/mol. The molecule has 0 bridgehead atoms. The predicted octanol–water partition coefficient (Wildman–Crippen LogP) is 0.532. The lowest BCUT2D eigenvalue weighted by Crippen LogP contribution is -2.50. The molecule has 7 nitrogen and oxygen atoms in total. The highest BCUT2D eigenvalue weighted by Gasteiger charge is 2.31. The summed E-state index contributed by atoms with van der Waals surface area (Å²) in [6, 6.07) is 6.95. The van der Waals surface area contributed by atoms with E-state index < -0.39 is 29.6 Å². The first kappa shape index (κ1) is 18.3. The molecule has 1 saturated carbocycles. The molecule has 1 fully saturated rings. The number of nitrogens with one attached hydrogen (secondary N) is 2. The van der Waals surface area contributed by atoms with E-state index in [-0.39, 0.29) is 6.61 Å². The number of aliphatic carboxylic acids is 1. The Bertz CT molecular complexity index is 605. The van der Waals surface area contributed by atoms with Crippen molar-refractivity contribution in [3.8, 4) is 5.75 Å². The maximum atomic E-state index is 12.1. The molecule has 0 heterocycles. The third-order valence-corrected chi connectivity index (χ3v) is 4.44. The number of benzene rings is 1. The summed E-state index contributed by atoms with van der Waals surface area (Å²) in [5, 5.41) is 11.1. The summed E-state index contributed by atoms with van der Waals surface area (Å²) in [7, 11) is 0. The minimum atomic E-state index is -1.22. The Balaban J connectivity index is 1.77. The number of amides is 2. The zero-order chi connectivity index (χ0) is 17.5. The number of rotatable bonds is 5. The summed E-state index contributed by atoms with van der Waals surface area (Å²) in [6.07, 6.45) is 2.43. The molecule has 1 aromatic carbocycles. The average Bonchev–Trinajstić information content (AvgIpc) is 2.59. The van der Waals surface area contributed by atoms with E-state index in [1.165, 1.54) is 0 Å². The summed E-state index contributed by atoms with van der Waals surface area (Å²) >= 11 is 3.29. The van der Waals surface area contributed by atoms with Crippen LogP contribution < -0.4 is 20.7 Å². The van der Waals surface area contributed by atoms with Gasteiger partial charge in [-0.05, 0) is 37.1 Å². The first-order chi connectivity index (χ1) is 11.5. The quantitative estimate of drug-likeness (QED) is 0.704. The molecule has 1 aliphatic carbocycles.